The minimum absolute atomic E-state index is 0.467. The molecule has 2 heterocycles. The molecule has 0 aliphatic rings. The number of nitrogens with zero attached hydrogens (tertiary/aromatic N) is 5. The minimum Gasteiger partial charge on any atom is -0.467 e. The lowest BCUT2D eigenvalue weighted by molar-refractivity contribution is 0.464. The third-order valence-corrected chi connectivity index (χ3v) is 4.71. The van der Waals surface area contributed by atoms with Crippen molar-refractivity contribution in [3.05, 3.63) is 71.2 Å². The molecule has 28 heavy (non-hydrogen) atoms. The first-order valence-corrected chi connectivity index (χ1v) is 9.67. The maximum absolute atomic E-state index is 6.32. The highest BCUT2D eigenvalue weighted by Gasteiger charge is 2.10. The molecule has 0 amide bonds. The highest BCUT2D eigenvalue weighted by molar-refractivity contribution is 6.31. The van der Waals surface area contributed by atoms with Crippen LogP contribution in [0.4, 0.5) is 0 Å². The number of halogens is 1. The monoisotopic (exact) mass is 400 g/mol. The Morgan fingerprint density at radius 1 is 1.29 bits per heavy atom. The number of hydrogen-bond donors (Lipinski definition) is 1. The van der Waals surface area contributed by atoms with Gasteiger partial charge in [-0.2, -0.15) is 0 Å². The van der Waals surface area contributed by atoms with Crippen LogP contribution in [0, 0.1) is 0 Å². The first kappa shape index (κ1) is 19.9. The molecule has 0 bridgehead atoms. The number of aryl methyl sites for hydroxylation is 1. The van der Waals surface area contributed by atoms with Crippen LogP contribution in [0.1, 0.15) is 24.1 Å². The number of aromatic nitrogens is 3. The van der Waals surface area contributed by atoms with Crippen molar-refractivity contribution in [1.82, 2.24) is 25.0 Å². The molecule has 1 aromatic carbocycles. The van der Waals surface area contributed by atoms with Crippen molar-refractivity contribution in [2.24, 2.45) is 4.99 Å². The normalized spacial score (nSPS) is 11.6. The Morgan fingerprint density at radius 3 is 2.89 bits per heavy atom. The quantitative estimate of drug-likeness (QED) is 0.463. The zero-order chi connectivity index (χ0) is 19.8. The molecule has 0 aliphatic heterocycles. The van der Waals surface area contributed by atoms with E-state index in [1.165, 1.54) is 0 Å². The summed E-state index contributed by atoms with van der Waals surface area (Å²) < 4.78 is 7.45. The molecule has 2 aromatic heterocycles. The van der Waals surface area contributed by atoms with Crippen molar-refractivity contribution < 1.29 is 4.42 Å². The molecule has 3 aromatic rings. The van der Waals surface area contributed by atoms with E-state index < -0.39 is 0 Å². The van der Waals surface area contributed by atoms with E-state index in [-0.39, 0.29) is 0 Å². The first-order chi connectivity index (χ1) is 13.7. The number of rotatable bonds is 8. The second-order valence-electron chi connectivity index (χ2n) is 6.39. The molecular weight excluding hydrogens is 376 g/mol. The number of furan rings is 1. The smallest absolute Gasteiger partial charge is 0.194 e. The highest BCUT2D eigenvalue weighted by Crippen LogP contribution is 2.16. The van der Waals surface area contributed by atoms with Gasteiger partial charge in [0.05, 0.1) is 6.26 Å². The number of guanidine groups is 1. The standard InChI is InChI=1S/C20H25ClN6O/c1-3-19-25-24-15-27(19)11-10-22-20(23-13-17-8-6-12-28-17)26(2)14-16-7-4-5-9-18(16)21/h4-9,12,15H,3,10-11,13-14H2,1-2H3,(H,22,23). The highest BCUT2D eigenvalue weighted by atomic mass is 35.5. The van der Waals surface area contributed by atoms with Crippen molar-refractivity contribution in [2.75, 3.05) is 13.6 Å². The SMILES string of the molecule is CCc1nncn1CCNC(=NCc1ccco1)N(C)Cc1ccccc1Cl. The maximum atomic E-state index is 6.32. The summed E-state index contributed by atoms with van der Waals surface area (Å²) in [5.74, 6) is 2.57. The summed E-state index contributed by atoms with van der Waals surface area (Å²) in [6, 6.07) is 11.6. The molecule has 7 nitrogen and oxygen atoms in total. The Hall–Kier alpha value is -2.80. The van der Waals surface area contributed by atoms with E-state index >= 15 is 0 Å². The lowest BCUT2D eigenvalue weighted by Crippen LogP contribution is -2.40. The predicted octanol–water partition coefficient (Wildman–Crippen LogP) is 3.36. The van der Waals surface area contributed by atoms with E-state index in [9.17, 15) is 0 Å². The van der Waals surface area contributed by atoms with Crippen molar-refractivity contribution in [3.8, 4) is 0 Å². The van der Waals surface area contributed by atoms with Gasteiger partial charge in [-0.05, 0) is 23.8 Å². The van der Waals surface area contributed by atoms with Crippen molar-refractivity contribution in [1.29, 1.82) is 0 Å². The van der Waals surface area contributed by atoms with Crippen LogP contribution in [-0.2, 0) is 26.1 Å². The number of benzene rings is 1. The lowest BCUT2D eigenvalue weighted by Gasteiger charge is -2.23. The number of aliphatic imine (C=N–C) groups is 1. The van der Waals surface area contributed by atoms with Crippen LogP contribution in [0.25, 0.3) is 0 Å². The molecule has 0 fully saturated rings. The summed E-state index contributed by atoms with van der Waals surface area (Å²) in [6.45, 7) is 4.65. The fraction of sp³-hybridized carbons (Fsp3) is 0.350. The largest absolute Gasteiger partial charge is 0.467 e. The Bertz CT molecular complexity index is 890. The predicted molar refractivity (Wildman–Crippen MR) is 110 cm³/mol. The fourth-order valence-electron chi connectivity index (χ4n) is 2.85. The van der Waals surface area contributed by atoms with Crippen LogP contribution < -0.4 is 5.32 Å². The van der Waals surface area contributed by atoms with E-state index in [0.29, 0.717) is 19.6 Å². The second-order valence-corrected chi connectivity index (χ2v) is 6.79. The first-order valence-electron chi connectivity index (χ1n) is 9.29. The summed E-state index contributed by atoms with van der Waals surface area (Å²) in [5, 5.41) is 12.3. The van der Waals surface area contributed by atoms with Gasteiger partial charge in [0.2, 0.25) is 0 Å². The Kier molecular flexibility index (Phi) is 7.08. The molecule has 0 atom stereocenters. The van der Waals surface area contributed by atoms with Crippen LogP contribution in [0.3, 0.4) is 0 Å². The van der Waals surface area contributed by atoms with Crippen molar-refractivity contribution in [2.45, 2.75) is 33.0 Å². The second kappa shape index (κ2) is 9.94. The summed E-state index contributed by atoms with van der Waals surface area (Å²) >= 11 is 6.32. The van der Waals surface area contributed by atoms with Gasteiger partial charge >= 0.3 is 0 Å². The van der Waals surface area contributed by atoms with E-state index in [0.717, 1.165) is 41.1 Å². The van der Waals surface area contributed by atoms with E-state index in [4.69, 9.17) is 21.0 Å². The van der Waals surface area contributed by atoms with Crippen LogP contribution in [0.15, 0.2) is 58.4 Å². The average Bonchev–Trinajstić information content (AvgIpc) is 3.37. The molecule has 0 unspecified atom stereocenters. The Labute approximate surface area is 170 Å². The van der Waals surface area contributed by atoms with Crippen molar-refractivity contribution >= 4 is 17.6 Å². The summed E-state index contributed by atoms with van der Waals surface area (Å²) in [6.07, 6.45) is 4.27. The molecule has 3 rings (SSSR count). The third kappa shape index (κ3) is 5.36. The molecule has 0 saturated heterocycles. The van der Waals surface area contributed by atoms with Gasteiger partial charge in [0.1, 0.15) is 24.5 Å². The maximum Gasteiger partial charge on any atom is 0.194 e. The van der Waals surface area contributed by atoms with Gasteiger partial charge < -0.3 is 19.2 Å². The van der Waals surface area contributed by atoms with Gasteiger partial charge in [-0.3, -0.25) is 0 Å². The van der Waals surface area contributed by atoms with Crippen LogP contribution in [0.2, 0.25) is 5.02 Å². The van der Waals surface area contributed by atoms with Crippen molar-refractivity contribution in [3.63, 3.8) is 0 Å². The average molecular weight is 401 g/mol. The molecule has 0 spiro atoms. The number of hydrogen-bond acceptors (Lipinski definition) is 4. The Balaban J connectivity index is 1.67. The molecule has 148 valence electrons. The minimum atomic E-state index is 0.467. The molecule has 0 saturated carbocycles. The zero-order valence-corrected chi connectivity index (χ0v) is 16.9. The summed E-state index contributed by atoms with van der Waals surface area (Å²) in [4.78, 5) is 6.76. The molecular formula is C20H25ClN6O. The lowest BCUT2D eigenvalue weighted by atomic mass is 10.2. The molecule has 0 aliphatic carbocycles. The topological polar surface area (TPSA) is 71.5 Å². The van der Waals surface area contributed by atoms with Crippen LogP contribution in [-0.4, -0.2) is 39.2 Å². The fourth-order valence-corrected chi connectivity index (χ4v) is 3.05. The van der Waals surface area contributed by atoms with Gasteiger partial charge in [-0.1, -0.05) is 36.7 Å². The van der Waals surface area contributed by atoms with Gasteiger partial charge in [0.15, 0.2) is 5.96 Å². The molecule has 1 N–H and O–H groups in total. The molecule has 0 radical (unpaired) electrons. The Morgan fingerprint density at radius 2 is 2.14 bits per heavy atom. The van der Waals surface area contributed by atoms with E-state index in [1.54, 1.807) is 12.6 Å². The zero-order valence-electron chi connectivity index (χ0n) is 16.2. The van der Waals surface area contributed by atoms with E-state index in [2.05, 4.69) is 27.3 Å². The summed E-state index contributed by atoms with van der Waals surface area (Å²) in [7, 11) is 1.99. The van der Waals surface area contributed by atoms with Gasteiger partial charge in [-0.25, -0.2) is 4.99 Å². The third-order valence-electron chi connectivity index (χ3n) is 4.34. The van der Waals surface area contributed by atoms with Gasteiger partial charge in [0.25, 0.3) is 0 Å². The van der Waals surface area contributed by atoms with Gasteiger partial charge in [0, 0.05) is 38.1 Å². The van der Waals surface area contributed by atoms with Crippen LogP contribution >= 0.6 is 11.6 Å². The number of nitrogens with one attached hydrogen (secondary N) is 1. The van der Waals surface area contributed by atoms with Gasteiger partial charge in [-0.15, -0.1) is 10.2 Å². The van der Waals surface area contributed by atoms with Crippen LogP contribution in [0.5, 0.6) is 0 Å². The van der Waals surface area contributed by atoms with E-state index in [1.807, 2.05) is 48.0 Å². The summed E-state index contributed by atoms with van der Waals surface area (Å²) in [5.41, 5.74) is 1.05. The molecule has 8 heteroatoms.